The molecule has 2 aromatic rings. The number of anilines is 1. The fourth-order valence-electron chi connectivity index (χ4n) is 3.09. The minimum Gasteiger partial charge on any atom is -0.384 e. The second kappa shape index (κ2) is 10.0. The van der Waals surface area contributed by atoms with Gasteiger partial charge in [-0.15, -0.1) is 12.4 Å². The number of hydrogen-bond acceptors (Lipinski definition) is 5. The van der Waals surface area contributed by atoms with Crippen molar-refractivity contribution in [1.82, 2.24) is 10.3 Å². The highest BCUT2D eigenvalue weighted by atomic mass is 35.5. The van der Waals surface area contributed by atoms with Crippen LogP contribution in [0.15, 0.2) is 30.5 Å². The molecule has 1 amide bonds. The molecule has 0 radical (unpaired) electrons. The number of carbonyl (C=O) groups excluding carboxylic acids is 2. The van der Waals surface area contributed by atoms with Crippen molar-refractivity contribution < 1.29 is 14.0 Å². The Hall–Kier alpha value is -2.22. The molecule has 1 atom stereocenters. The Bertz CT molecular complexity index is 889. The van der Waals surface area contributed by atoms with Crippen LogP contribution in [0.25, 0.3) is 0 Å². The number of pyridine rings is 1. The quantitative estimate of drug-likeness (QED) is 0.538. The molecule has 0 fully saturated rings. The molecule has 0 aliphatic carbocycles. The largest absolute Gasteiger partial charge is 0.384 e. The van der Waals surface area contributed by atoms with E-state index >= 15 is 4.39 Å². The van der Waals surface area contributed by atoms with E-state index in [4.69, 9.17) is 23.1 Å². The number of hydrogen-bond donors (Lipinski definition) is 3. The minimum absolute atomic E-state index is 0. The summed E-state index contributed by atoms with van der Waals surface area (Å²) in [7, 11) is 0. The predicted molar refractivity (Wildman–Crippen MR) is 115 cm³/mol. The maximum absolute atomic E-state index is 15.3. The molecule has 0 aliphatic rings. The van der Waals surface area contributed by atoms with Gasteiger partial charge >= 0.3 is 0 Å². The Labute approximate surface area is 180 Å². The van der Waals surface area contributed by atoms with Gasteiger partial charge in [0.25, 0.3) is 0 Å². The smallest absolute Gasteiger partial charge is 0.219 e. The highest BCUT2D eigenvalue weighted by Crippen LogP contribution is 2.31. The first-order valence-corrected chi connectivity index (χ1v) is 9.23. The third kappa shape index (κ3) is 6.13. The molecule has 0 bridgehead atoms. The number of primary amides is 1. The highest BCUT2D eigenvalue weighted by molar-refractivity contribution is 6.35. The molecule has 0 saturated heterocycles. The summed E-state index contributed by atoms with van der Waals surface area (Å²) in [6.45, 7) is 5.48. The SMILES string of the molecule is CC[C@H](NC(C)(C)CC(N)=O)c1ccc(Cl)c(C(=O)c2ccc(N)nc2)c1F.Cl. The van der Waals surface area contributed by atoms with E-state index in [0.717, 1.165) is 0 Å². The van der Waals surface area contributed by atoms with E-state index in [-0.39, 0.29) is 46.4 Å². The van der Waals surface area contributed by atoms with Gasteiger partial charge in [0.1, 0.15) is 11.6 Å². The molecule has 0 saturated carbocycles. The van der Waals surface area contributed by atoms with Gasteiger partial charge in [-0.1, -0.05) is 24.6 Å². The predicted octanol–water partition coefficient (Wildman–Crippen LogP) is 3.80. The number of carbonyl (C=O) groups is 2. The topological polar surface area (TPSA) is 111 Å². The van der Waals surface area contributed by atoms with Crippen molar-refractivity contribution in [3.63, 3.8) is 0 Å². The van der Waals surface area contributed by atoms with Crippen LogP contribution in [0.4, 0.5) is 10.2 Å². The number of aromatic nitrogens is 1. The van der Waals surface area contributed by atoms with E-state index in [1.54, 1.807) is 13.8 Å². The number of nitrogens with zero attached hydrogens (tertiary/aromatic N) is 1. The molecular weight excluding hydrogens is 418 g/mol. The molecule has 6 nitrogen and oxygen atoms in total. The van der Waals surface area contributed by atoms with Crippen molar-refractivity contribution in [1.29, 1.82) is 0 Å². The number of amides is 1. The van der Waals surface area contributed by atoms with Crippen molar-refractivity contribution in [2.24, 2.45) is 5.73 Å². The van der Waals surface area contributed by atoms with Crippen molar-refractivity contribution in [2.75, 3.05) is 5.73 Å². The van der Waals surface area contributed by atoms with E-state index in [0.29, 0.717) is 6.42 Å². The van der Waals surface area contributed by atoms with Crippen LogP contribution in [0.2, 0.25) is 5.02 Å². The molecule has 1 aromatic carbocycles. The first-order chi connectivity index (χ1) is 13.1. The molecule has 1 aromatic heterocycles. The normalized spacial score (nSPS) is 12.2. The molecule has 9 heteroatoms. The second-order valence-electron chi connectivity index (χ2n) is 7.26. The molecule has 0 spiro atoms. The Balaban J connectivity index is 0.00000420. The lowest BCUT2D eigenvalue weighted by molar-refractivity contribution is -0.119. The summed E-state index contributed by atoms with van der Waals surface area (Å²) in [5.41, 5.74) is 10.4. The Morgan fingerprint density at radius 2 is 1.93 bits per heavy atom. The Kier molecular flexibility index (Phi) is 8.56. The summed E-state index contributed by atoms with van der Waals surface area (Å²) in [5, 5.41) is 3.25. The van der Waals surface area contributed by atoms with E-state index in [1.807, 2.05) is 6.92 Å². The Morgan fingerprint density at radius 1 is 1.28 bits per heavy atom. The molecule has 5 N–H and O–H groups in total. The van der Waals surface area contributed by atoms with E-state index in [2.05, 4.69) is 10.3 Å². The molecule has 158 valence electrons. The van der Waals surface area contributed by atoms with Gasteiger partial charge in [0.15, 0.2) is 5.78 Å². The third-order valence-corrected chi connectivity index (χ3v) is 4.68. The number of rotatable bonds is 8. The van der Waals surface area contributed by atoms with Crippen molar-refractivity contribution >= 4 is 41.5 Å². The highest BCUT2D eigenvalue weighted by Gasteiger charge is 2.28. The van der Waals surface area contributed by atoms with Gasteiger partial charge in [0.05, 0.1) is 10.6 Å². The number of nitrogens with one attached hydrogen (secondary N) is 1. The molecule has 29 heavy (non-hydrogen) atoms. The zero-order valence-corrected chi connectivity index (χ0v) is 18.0. The van der Waals surface area contributed by atoms with Gasteiger partial charge in [-0.3, -0.25) is 9.59 Å². The Morgan fingerprint density at radius 3 is 2.45 bits per heavy atom. The average molecular weight is 443 g/mol. The number of benzene rings is 1. The second-order valence-corrected chi connectivity index (χ2v) is 7.67. The lowest BCUT2D eigenvalue weighted by Crippen LogP contribution is -2.44. The van der Waals surface area contributed by atoms with Crippen LogP contribution in [0.3, 0.4) is 0 Å². The monoisotopic (exact) mass is 442 g/mol. The zero-order chi connectivity index (χ0) is 21.1. The van der Waals surface area contributed by atoms with Crippen molar-refractivity contribution in [2.45, 2.75) is 45.2 Å². The minimum atomic E-state index is -0.705. The summed E-state index contributed by atoms with van der Waals surface area (Å²) in [4.78, 5) is 28.0. The van der Waals surface area contributed by atoms with Crippen LogP contribution >= 0.6 is 24.0 Å². The first kappa shape index (κ1) is 24.8. The summed E-state index contributed by atoms with van der Waals surface area (Å²) in [5.74, 6) is -1.49. The van der Waals surface area contributed by atoms with Gasteiger partial charge in [-0.05, 0) is 38.5 Å². The summed E-state index contributed by atoms with van der Waals surface area (Å²) >= 11 is 6.14. The maximum atomic E-state index is 15.3. The van der Waals surface area contributed by atoms with Gasteiger partial charge in [-0.2, -0.15) is 0 Å². The maximum Gasteiger partial charge on any atom is 0.219 e. The molecule has 0 unspecified atom stereocenters. The first-order valence-electron chi connectivity index (χ1n) is 8.86. The zero-order valence-electron chi connectivity index (χ0n) is 16.5. The summed E-state index contributed by atoms with van der Waals surface area (Å²) < 4.78 is 15.3. The summed E-state index contributed by atoms with van der Waals surface area (Å²) in [6, 6.07) is 5.52. The fourth-order valence-corrected chi connectivity index (χ4v) is 3.32. The number of halogens is 3. The average Bonchev–Trinajstić information content (AvgIpc) is 2.59. The van der Waals surface area contributed by atoms with Crippen LogP contribution in [-0.2, 0) is 4.79 Å². The van der Waals surface area contributed by atoms with Crippen LogP contribution in [0.1, 0.15) is 61.1 Å². The van der Waals surface area contributed by atoms with Gasteiger partial charge < -0.3 is 16.8 Å². The van der Waals surface area contributed by atoms with Crippen LogP contribution < -0.4 is 16.8 Å². The number of nitrogens with two attached hydrogens (primary N) is 2. The number of nitrogen functional groups attached to an aromatic ring is 1. The van der Waals surface area contributed by atoms with E-state index < -0.39 is 29.1 Å². The van der Waals surface area contributed by atoms with Gasteiger partial charge in [-0.25, -0.2) is 9.37 Å². The summed E-state index contributed by atoms with van der Waals surface area (Å²) in [6.07, 6.45) is 1.89. The molecule has 2 rings (SSSR count). The third-order valence-electron chi connectivity index (χ3n) is 4.36. The van der Waals surface area contributed by atoms with Crippen molar-refractivity contribution in [3.8, 4) is 0 Å². The lowest BCUT2D eigenvalue weighted by atomic mass is 9.93. The van der Waals surface area contributed by atoms with Crippen LogP contribution in [-0.4, -0.2) is 22.2 Å². The molecule has 1 heterocycles. The molecular formula is C20H25Cl2FN4O2. The van der Waals surface area contributed by atoms with Gasteiger partial charge in [0, 0.05) is 35.3 Å². The van der Waals surface area contributed by atoms with Crippen LogP contribution in [0.5, 0.6) is 0 Å². The fraction of sp³-hybridized carbons (Fsp3) is 0.350. The van der Waals surface area contributed by atoms with Crippen LogP contribution in [0, 0.1) is 5.82 Å². The van der Waals surface area contributed by atoms with E-state index in [1.165, 1.54) is 30.5 Å². The number of ketones is 1. The van der Waals surface area contributed by atoms with Crippen molar-refractivity contribution in [3.05, 3.63) is 58.0 Å². The molecule has 0 aliphatic heterocycles. The van der Waals surface area contributed by atoms with E-state index in [9.17, 15) is 9.59 Å². The standard InChI is InChI=1S/C20H24ClFN4O2.ClH/c1-4-14(26-20(2,3)9-16(24)27)12-6-7-13(21)17(18(12)22)19(28)11-5-8-15(23)25-10-11;/h5-8,10,14,26H,4,9H2,1-3H3,(H2,23,25)(H2,24,27);1H/t14-;/m0./s1. The van der Waals surface area contributed by atoms with Gasteiger partial charge in [0.2, 0.25) is 5.91 Å². The lowest BCUT2D eigenvalue weighted by Gasteiger charge is -2.31.